The molecule has 1 heteroatoms. The van der Waals surface area contributed by atoms with Gasteiger partial charge in [-0.1, -0.05) is 12.0 Å². The zero-order chi connectivity index (χ0) is 8.10. The normalized spacial score (nSPS) is 16.8. The molecular weight excluding hydrogens is 136 g/mol. The van der Waals surface area contributed by atoms with Gasteiger partial charge in [-0.05, 0) is 31.3 Å². The fraction of sp³-hybridized carbons (Fsp3) is 0.500. The molecule has 0 bridgehead atoms. The van der Waals surface area contributed by atoms with Crippen LogP contribution in [0.4, 0.5) is 0 Å². The molecule has 0 fully saturated rings. The zero-order valence-electron chi connectivity index (χ0n) is 6.60. The standard InChI is InChI=1S/C10H12O/c1-2-6-10(11)9-7-4-3-5-8-9/h1,7H,3-6,8H2. The highest BCUT2D eigenvalue weighted by Gasteiger charge is 2.10. The third-order valence-corrected chi connectivity index (χ3v) is 1.91. The Labute approximate surface area is 67.5 Å². The van der Waals surface area contributed by atoms with Gasteiger partial charge in [0.05, 0.1) is 6.42 Å². The number of allylic oxidation sites excluding steroid dienone is 2. The van der Waals surface area contributed by atoms with Crippen LogP contribution in [0, 0.1) is 12.3 Å². The summed E-state index contributed by atoms with van der Waals surface area (Å²) in [4.78, 5) is 11.2. The van der Waals surface area contributed by atoms with E-state index in [9.17, 15) is 4.79 Å². The Balaban J connectivity index is 2.53. The third kappa shape index (κ3) is 2.23. The van der Waals surface area contributed by atoms with E-state index >= 15 is 0 Å². The number of rotatable bonds is 2. The van der Waals surface area contributed by atoms with Crippen molar-refractivity contribution >= 4 is 5.78 Å². The van der Waals surface area contributed by atoms with Crippen molar-refractivity contribution in [2.45, 2.75) is 32.1 Å². The minimum atomic E-state index is 0.146. The van der Waals surface area contributed by atoms with Crippen LogP contribution in [0.15, 0.2) is 11.6 Å². The largest absolute Gasteiger partial charge is 0.293 e. The van der Waals surface area contributed by atoms with Gasteiger partial charge >= 0.3 is 0 Å². The highest BCUT2D eigenvalue weighted by molar-refractivity contribution is 5.96. The molecule has 0 aromatic heterocycles. The second-order valence-corrected chi connectivity index (χ2v) is 2.78. The second kappa shape index (κ2) is 3.98. The summed E-state index contributed by atoms with van der Waals surface area (Å²) in [7, 11) is 0. The zero-order valence-corrected chi connectivity index (χ0v) is 6.60. The summed E-state index contributed by atoms with van der Waals surface area (Å²) in [5.41, 5.74) is 0.953. The van der Waals surface area contributed by atoms with Gasteiger partial charge in [-0.2, -0.15) is 0 Å². The Hall–Kier alpha value is -1.03. The van der Waals surface area contributed by atoms with Gasteiger partial charge in [0, 0.05) is 0 Å². The molecule has 1 rings (SSSR count). The highest BCUT2D eigenvalue weighted by atomic mass is 16.1. The van der Waals surface area contributed by atoms with E-state index in [-0.39, 0.29) is 12.2 Å². The number of hydrogen-bond acceptors (Lipinski definition) is 1. The van der Waals surface area contributed by atoms with Gasteiger partial charge < -0.3 is 0 Å². The Morgan fingerprint density at radius 1 is 1.64 bits per heavy atom. The van der Waals surface area contributed by atoms with Crippen LogP contribution < -0.4 is 0 Å². The summed E-state index contributed by atoms with van der Waals surface area (Å²) in [5.74, 6) is 2.52. The maximum Gasteiger partial charge on any atom is 0.170 e. The minimum Gasteiger partial charge on any atom is -0.293 e. The average molecular weight is 148 g/mol. The van der Waals surface area contributed by atoms with Gasteiger partial charge in [-0.15, -0.1) is 6.42 Å². The molecule has 0 heterocycles. The molecule has 0 atom stereocenters. The molecule has 58 valence electrons. The molecule has 0 radical (unpaired) electrons. The van der Waals surface area contributed by atoms with Crippen molar-refractivity contribution in [2.24, 2.45) is 0 Å². The Bertz CT molecular complexity index is 218. The van der Waals surface area contributed by atoms with Gasteiger partial charge in [0.1, 0.15) is 0 Å². The summed E-state index contributed by atoms with van der Waals surface area (Å²) in [6, 6.07) is 0. The lowest BCUT2D eigenvalue weighted by Gasteiger charge is -2.09. The molecule has 11 heavy (non-hydrogen) atoms. The van der Waals surface area contributed by atoms with Gasteiger partial charge in [0.25, 0.3) is 0 Å². The summed E-state index contributed by atoms with van der Waals surface area (Å²) in [5, 5.41) is 0. The molecule has 0 unspecified atom stereocenters. The topological polar surface area (TPSA) is 17.1 Å². The van der Waals surface area contributed by atoms with Gasteiger partial charge in [0.15, 0.2) is 5.78 Å². The summed E-state index contributed by atoms with van der Waals surface area (Å²) >= 11 is 0. The van der Waals surface area contributed by atoms with Crippen LogP contribution in [-0.4, -0.2) is 5.78 Å². The van der Waals surface area contributed by atoms with Crippen LogP contribution in [0.5, 0.6) is 0 Å². The fourth-order valence-corrected chi connectivity index (χ4v) is 1.30. The van der Waals surface area contributed by atoms with Gasteiger partial charge in [0.2, 0.25) is 0 Å². The van der Waals surface area contributed by atoms with Crippen LogP contribution in [0.3, 0.4) is 0 Å². The predicted molar refractivity (Wildman–Crippen MR) is 45.0 cm³/mol. The van der Waals surface area contributed by atoms with E-state index in [1.807, 2.05) is 6.08 Å². The molecule has 1 aliphatic carbocycles. The second-order valence-electron chi connectivity index (χ2n) is 2.78. The first kappa shape index (κ1) is 8.07. The van der Waals surface area contributed by atoms with Gasteiger partial charge in [-0.25, -0.2) is 0 Å². The monoisotopic (exact) mass is 148 g/mol. The lowest BCUT2D eigenvalue weighted by Crippen LogP contribution is -2.04. The number of terminal acetylenes is 1. The number of carbonyl (C=O) groups excluding carboxylic acids is 1. The predicted octanol–water partition coefficient (Wildman–Crippen LogP) is 2.08. The number of carbonyl (C=O) groups is 1. The summed E-state index contributed by atoms with van der Waals surface area (Å²) in [6.45, 7) is 0. The van der Waals surface area contributed by atoms with Crippen molar-refractivity contribution in [1.29, 1.82) is 0 Å². The SMILES string of the molecule is C#CCC(=O)C1=CCCCC1. The van der Waals surface area contributed by atoms with Crippen LogP contribution >= 0.6 is 0 Å². The quantitative estimate of drug-likeness (QED) is 0.548. The molecule has 0 aromatic rings. The fourth-order valence-electron chi connectivity index (χ4n) is 1.30. The van der Waals surface area contributed by atoms with E-state index in [1.54, 1.807) is 0 Å². The van der Waals surface area contributed by atoms with E-state index in [4.69, 9.17) is 6.42 Å². The van der Waals surface area contributed by atoms with Crippen molar-refractivity contribution < 1.29 is 4.79 Å². The Morgan fingerprint density at radius 2 is 2.45 bits per heavy atom. The molecule has 0 spiro atoms. The lowest BCUT2D eigenvalue weighted by molar-refractivity contribution is -0.114. The number of Topliss-reactive ketones (excluding diaryl/α,β-unsaturated/α-hetero) is 1. The van der Waals surface area contributed by atoms with E-state index in [1.165, 1.54) is 6.42 Å². The molecule has 0 aliphatic heterocycles. The molecule has 0 saturated heterocycles. The van der Waals surface area contributed by atoms with E-state index < -0.39 is 0 Å². The first-order chi connectivity index (χ1) is 5.34. The number of hydrogen-bond donors (Lipinski definition) is 0. The summed E-state index contributed by atoms with van der Waals surface area (Å²) in [6.07, 6.45) is 11.7. The number of ketones is 1. The van der Waals surface area contributed by atoms with Crippen molar-refractivity contribution in [2.75, 3.05) is 0 Å². The van der Waals surface area contributed by atoms with Crippen molar-refractivity contribution in [3.63, 3.8) is 0 Å². The molecule has 1 aliphatic rings. The molecular formula is C10H12O. The minimum absolute atomic E-state index is 0.146. The molecule has 0 saturated carbocycles. The average Bonchev–Trinajstić information content (AvgIpc) is 2.07. The smallest absolute Gasteiger partial charge is 0.170 e. The first-order valence-electron chi connectivity index (χ1n) is 4.00. The summed E-state index contributed by atoms with van der Waals surface area (Å²) < 4.78 is 0. The van der Waals surface area contributed by atoms with Crippen LogP contribution in [-0.2, 0) is 4.79 Å². The van der Waals surface area contributed by atoms with Crippen LogP contribution in [0.1, 0.15) is 32.1 Å². The van der Waals surface area contributed by atoms with Crippen LogP contribution in [0.2, 0.25) is 0 Å². The van der Waals surface area contributed by atoms with E-state index in [2.05, 4.69) is 5.92 Å². The maximum atomic E-state index is 11.2. The third-order valence-electron chi connectivity index (χ3n) is 1.91. The Morgan fingerprint density at radius 3 is 3.00 bits per heavy atom. The molecule has 0 N–H and O–H groups in total. The van der Waals surface area contributed by atoms with Crippen molar-refractivity contribution in [1.82, 2.24) is 0 Å². The van der Waals surface area contributed by atoms with Crippen LogP contribution in [0.25, 0.3) is 0 Å². The Kier molecular flexibility index (Phi) is 2.92. The van der Waals surface area contributed by atoms with Crippen molar-refractivity contribution in [3.8, 4) is 12.3 Å². The molecule has 1 nitrogen and oxygen atoms in total. The maximum absolute atomic E-state index is 11.2. The van der Waals surface area contributed by atoms with E-state index in [0.717, 1.165) is 24.8 Å². The highest BCUT2D eigenvalue weighted by Crippen LogP contribution is 2.18. The van der Waals surface area contributed by atoms with E-state index in [0.29, 0.717) is 0 Å². The van der Waals surface area contributed by atoms with Crippen molar-refractivity contribution in [3.05, 3.63) is 11.6 Å². The van der Waals surface area contributed by atoms with Gasteiger partial charge in [-0.3, -0.25) is 4.79 Å². The molecule has 0 aromatic carbocycles. The first-order valence-corrected chi connectivity index (χ1v) is 4.00. The lowest BCUT2D eigenvalue weighted by atomic mass is 9.95. The molecule has 0 amide bonds.